The lowest BCUT2D eigenvalue weighted by atomic mass is 10.0. The van der Waals surface area contributed by atoms with E-state index in [4.69, 9.17) is 4.74 Å². The number of nitrogens with one attached hydrogen (secondary N) is 2. The first-order valence-electron chi connectivity index (χ1n) is 8.18. The fourth-order valence-corrected chi connectivity index (χ4v) is 4.93. The lowest BCUT2D eigenvalue weighted by Crippen LogP contribution is -2.47. The number of halogens is 2. The average Bonchev–Trinajstić information content (AvgIpc) is 2.86. The summed E-state index contributed by atoms with van der Waals surface area (Å²) in [7, 11) is 0. The van der Waals surface area contributed by atoms with Crippen molar-refractivity contribution in [3.05, 3.63) is 50.9 Å². The largest absolute Gasteiger partial charge is 0.435 e. The number of benzene rings is 2. The topological polar surface area (TPSA) is 89.0 Å². The maximum Gasteiger partial charge on any atom is 0.295 e. The van der Waals surface area contributed by atoms with Crippen molar-refractivity contribution >= 4 is 60.9 Å². The lowest BCUT2D eigenvalue weighted by Gasteiger charge is -2.28. The summed E-state index contributed by atoms with van der Waals surface area (Å²) in [5.41, 5.74) is 1.74. The fraction of sp³-hybridized carbons (Fsp3) is 0.111. The molecule has 0 bridgehead atoms. The monoisotopic (exact) mass is 519 g/mol. The number of anilines is 2. The fourth-order valence-electron chi connectivity index (χ4n) is 3.31. The first-order chi connectivity index (χ1) is 13.5. The molecule has 0 aliphatic carbocycles. The van der Waals surface area contributed by atoms with Gasteiger partial charge in [0.2, 0.25) is 11.0 Å². The number of hydrogen-bond donors (Lipinski definition) is 2. The van der Waals surface area contributed by atoms with Crippen LogP contribution in [0.15, 0.2) is 50.5 Å². The van der Waals surface area contributed by atoms with Crippen LogP contribution in [0.5, 0.6) is 5.88 Å². The maximum atomic E-state index is 13.2. The van der Waals surface area contributed by atoms with E-state index in [0.717, 1.165) is 14.5 Å². The summed E-state index contributed by atoms with van der Waals surface area (Å²) in [6.07, 6.45) is 1.86. The minimum absolute atomic E-state index is 0.246. The molecule has 0 radical (unpaired) electrons. The van der Waals surface area contributed by atoms with Crippen LogP contribution in [0.1, 0.15) is 5.56 Å². The number of rotatable bonds is 1. The van der Waals surface area contributed by atoms with Crippen molar-refractivity contribution < 1.29 is 9.53 Å². The minimum Gasteiger partial charge on any atom is -0.435 e. The van der Waals surface area contributed by atoms with Gasteiger partial charge >= 0.3 is 0 Å². The van der Waals surface area contributed by atoms with Crippen molar-refractivity contribution in [1.82, 2.24) is 15.2 Å². The maximum absolute atomic E-state index is 13.2. The molecule has 1 aromatic heterocycles. The number of para-hydroxylation sites is 1. The van der Waals surface area contributed by atoms with Crippen LogP contribution in [-0.2, 0) is 10.5 Å². The summed E-state index contributed by atoms with van der Waals surface area (Å²) in [5, 5.41) is 15.1. The summed E-state index contributed by atoms with van der Waals surface area (Å²) < 4.78 is 7.84. The Labute approximate surface area is 180 Å². The second kappa shape index (κ2) is 6.43. The summed E-state index contributed by atoms with van der Waals surface area (Å²) >= 11 is 8.36. The standard InChI is InChI=1S/C18H11Br2N5O2S/c1-28-17-22-15-13(24-25-17)9-4-2-3-5-12(9)23-18(27-15)10-6-8(19)7-11(20)14(10)21-16(18)26/h2-7,23H,1H3,(H,21,26)/t18-/m1/s1. The molecule has 7 nitrogen and oxygen atoms in total. The molecule has 1 atom stereocenters. The first kappa shape index (κ1) is 17.9. The van der Waals surface area contributed by atoms with Gasteiger partial charge in [0.15, 0.2) is 5.69 Å². The van der Waals surface area contributed by atoms with Gasteiger partial charge in [0.05, 0.1) is 11.3 Å². The van der Waals surface area contributed by atoms with Crippen molar-refractivity contribution in [3.8, 4) is 17.1 Å². The number of carbonyl (C=O) groups is 1. The Kier molecular flexibility index (Phi) is 4.11. The van der Waals surface area contributed by atoms with Crippen LogP contribution in [0.3, 0.4) is 0 Å². The van der Waals surface area contributed by atoms with Crippen LogP contribution in [-0.4, -0.2) is 27.3 Å². The molecule has 1 amide bonds. The van der Waals surface area contributed by atoms with Gasteiger partial charge in [0, 0.05) is 20.2 Å². The van der Waals surface area contributed by atoms with Gasteiger partial charge in [0.25, 0.3) is 11.6 Å². The molecule has 2 N–H and O–H groups in total. The lowest BCUT2D eigenvalue weighted by molar-refractivity contribution is -0.128. The molecule has 2 aliphatic rings. The van der Waals surface area contributed by atoms with Crippen LogP contribution in [0, 0.1) is 0 Å². The summed E-state index contributed by atoms with van der Waals surface area (Å²) in [6.45, 7) is 0. The van der Waals surface area contributed by atoms with Gasteiger partial charge in [-0.3, -0.25) is 4.79 Å². The Morgan fingerprint density at radius 2 is 2.00 bits per heavy atom. The number of hydrogen-bond acceptors (Lipinski definition) is 7. The molecule has 0 saturated carbocycles. The molecular formula is C18H11Br2N5O2S. The highest BCUT2D eigenvalue weighted by Crippen LogP contribution is 2.49. The van der Waals surface area contributed by atoms with Gasteiger partial charge in [-0.1, -0.05) is 45.9 Å². The van der Waals surface area contributed by atoms with Crippen molar-refractivity contribution in [2.24, 2.45) is 0 Å². The van der Waals surface area contributed by atoms with E-state index in [2.05, 4.69) is 57.7 Å². The average molecular weight is 521 g/mol. The van der Waals surface area contributed by atoms with Gasteiger partial charge in [-0.2, -0.15) is 4.98 Å². The minimum atomic E-state index is -1.49. The number of ether oxygens (including phenoxy) is 1. The van der Waals surface area contributed by atoms with Crippen molar-refractivity contribution in [1.29, 1.82) is 0 Å². The third-order valence-electron chi connectivity index (χ3n) is 4.55. The Balaban J connectivity index is 1.81. The van der Waals surface area contributed by atoms with Crippen LogP contribution < -0.4 is 15.4 Å². The highest BCUT2D eigenvalue weighted by atomic mass is 79.9. The first-order valence-corrected chi connectivity index (χ1v) is 11.0. The van der Waals surface area contributed by atoms with E-state index in [1.54, 1.807) is 0 Å². The summed E-state index contributed by atoms with van der Waals surface area (Å²) in [5.74, 6) is -0.0934. The molecule has 28 heavy (non-hydrogen) atoms. The highest BCUT2D eigenvalue weighted by Gasteiger charge is 2.53. The number of nitrogens with zero attached hydrogens (tertiary/aromatic N) is 3. The predicted molar refractivity (Wildman–Crippen MR) is 113 cm³/mol. The number of aromatic nitrogens is 3. The van der Waals surface area contributed by atoms with Gasteiger partial charge in [-0.05, 0) is 40.4 Å². The molecule has 0 saturated heterocycles. The second-order valence-electron chi connectivity index (χ2n) is 6.17. The second-order valence-corrected chi connectivity index (χ2v) is 8.71. The van der Waals surface area contributed by atoms with E-state index in [1.165, 1.54) is 11.8 Å². The van der Waals surface area contributed by atoms with Crippen LogP contribution >= 0.6 is 43.6 Å². The Bertz CT molecular complexity index is 1160. The number of thioether (sulfide) groups is 1. The number of fused-ring (bicyclic) bond motifs is 5. The molecule has 10 heteroatoms. The summed E-state index contributed by atoms with van der Waals surface area (Å²) in [6, 6.07) is 11.3. The molecule has 0 fully saturated rings. The third-order valence-corrected chi connectivity index (χ3v) is 6.17. The Morgan fingerprint density at radius 3 is 2.82 bits per heavy atom. The predicted octanol–water partition coefficient (Wildman–Crippen LogP) is 4.39. The van der Waals surface area contributed by atoms with Crippen LogP contribution in [0.4, 0.5) is 11.4 Å². The normalized spacial score (nSPS) is 19.0. The molecular weight excluding hydrogens is 510 g/mol. The molecule has 2 aliphatic heterocycles. The van der Waals surface area contributed by atoms with Crippen LogP contribution in [0.25, 0.3) is 11.3 Å². The van der Waals surface area contributed by atoms with E-state index >= 15 is 0 Å². The molecule has 5 rings (SSSR count). The zero-order valence-electron chi connectivity index (χ0n) is 14.3. The van der Waals surface area contributed by atoms with Gasteiger partial charge in [-0.15, -0.1) is 10.2 Å². The van der Waals surface area contributed by atoms with Crippen molar-refractivity contribution in [3.63, 3.8) is 0 Å². The molecule has 3 heterocycles. The smallest absolute Gasteiger partial charge is 0.295 e. The van der Waals surface area contributed by atoms with Crippen LogP contribution in [0.2, 0.25) is 0 Å². The zero-order valence-corrected chi connectivity index (χ0v) is 18.3. The Morgan fingerprint density at radius 1 is 1.18 bits per heavy atom. The molecule has 3 aromatic rings. The van der Waals surface area contributed by atoms with E-state index in [1.807, 2.05) is 42.7 Å². The van der Waals surface area contributed by atoms with Gasteiger partial charge < -0.3 is 15.4 Å². The van der Waals surface area contributed by atoms with Gasteiger partial charge in [0.1, 0.15) is 0 Å². The summed E-state index contributed by atoms with van der Waals surface area (Å²) in [4.78, 5) is 17.7. The van der Waals surface area contributed by atoms with E-state index in [9.17, 15) is 4.79 Å². The third kappa shape index (κ3) is 2.55. The molecule has 2 aromatic carbocycles. The zero-order chi connectivity index (χ0) is 19.5. The Hall–Kier alpha value is -2.17. The molecule has 0 unspecified atom stereocenters. The number of amides is 1. The quantitative estimate of drug-likeness (QED) is 0.460. The van der Waals surface area contributed by atoms with E-state index < -0.39 is 5.72 Å². The SMILES string of the molecule is CSc1nnc2c(n1)O[C@@]1(Nc3ccccc3-2)C(=O)Nc2c(Br)cc(Br)cc21. The van der Waals surface area contributed by atoms with Gasteiger partial charge in [-0.25, -0.2) is 0 Å². The highest BCUT2D eigenvalue weighted by molar-refractivity contribution is 9.11. The molecule has 1 spiro atoms. The van der Waals surface area contributed by atoms with Crippen molar-refractivity contribution in [2.75, 3.05) is 16.9 Å². The van der Waals surface area contributed by atoms with E-state index in [-0.39, 0.29) is 11.8 Å². The molecule has 140 valence electrons. The van der Waals surface area contributed by atoms with E-state index in [0.29, 0.717) is 27.8 Å². The van der Waals surface area contributed by atoms with Crippen molar-refractivity contribution in [2.45, 2.75) is 10.9 Å². The number of carbonyl (C=O) groups excluding carboxylic acids is 1.